The van der Waals surface area contributed by atoms with Crippen LogP contribution in [0.2, 0.25) is 10.0 Å². The largest absolute Gasteiger partial charge is 0.389 e. The molecular formula is C24H28Cl2N2O2. The van der Waals surface area contributed by atoms with Crippen LogP contribution in [0.5, 0.6) is 0 Å². The van der Waals surface area contributed by atoms with Gasteiger partial charge in [-0.2, -0.15) is 0 Å². The van der Waals surface area contributed by atoms with Crippen molar-refractivity contribution in [1.29, 1.82) is 0 Å². The second kappa shape index (κ2) is 9.27. The molecule has 2 N–H and O–H groups in total. The molecule has 2 aliphatic rings. The number of amides is 1. The molecule has 0 saturated heterocycles. The first-order valence-corrected chi connectivity index (χ1v) is 11.5. The van der Waals surface area contributed by atoms with Gasteiger partial charge < -0.3 is 15.3 Å². The van der Waals surface area contributed by atoms with E-state index in [1.54, 1.807) is 0 Å². The zero-order chi connectivity index (χ0) is 21.1. The average molecular weight is 447 g/mol. The van der Waals surface area contributed by atoms with Gasteiger partial charge in [-0.05, 0) is 54.2 Å². The molecule has 0 spiro atoms. The second-order valence-electron chi connectivity index (χ2n) is 8.49. The molecule has 2 aromatic rings. The smallest absolute Gasteiger partial charge is 0.237 e. The highest BCUT2D eigenvalue weighted by Crippen LogP contribution is 2.39. The van der Waals surface area contributed by atoms with Crippen LogP contribution in [0.1, 0.15) is 54.8 Å². The van der Waals surface area contributed by atoms with Crippen LogP contribution in [-0.2, 0) is 11.2 Å². The lowest BCUT2D eigenvalue weighted by molar-refractivity contribution is -0.132. The fourth-order valence-corrected chi connectivity index (χ4v) is 5.20. The number of carbonyl (C=O) groups is 1. The third-order valence-electron chi connectivity index (χ3n) is 6.37. The molecule has 0 bridgehead atoms. The standard InChI is InChI=1S/C24H28Cl2N2O2/c25-18-9-8-17-10-13-28(22(29)15-27-16-24(30)11-4-1-5-12-24)23(20(17)14-18)19-6-2-3-7-21(19)26/h2-3,6-9,14,23,27,30H,1,4-5,10-13,15-16H2. The Balaban J connectivity index is 1.55. The summed E-state index contributed by atoms with van der Waals surface area (Å²) in [7, 11) is 0. The lowest BCUT2D eigenvalue weighted by atomic mass is 9.85. The number of aliphatic hydroxyl groups is 1. The molecule has 160 valence electrons. The van der Waals surface area contributed by atoms with Crippen molar-refractivity contribution >= 4 is 29.1 Å². The Labute approximate surface area is 188 Å². The van der Waals surface area contributed by atoms with E-state index in [0.29, 0.717) is 23.1 Å². The van der Waals surface area contributed by atoms with Crippen LogP contribution in [0.15, 0.2) is 42.5 Å². The van der Waals surface area contributed by atoms with E-state index in [-0.39, 0.29) is 18.5 Å². The van der Waals surface area contributed by atoms with Crippen molar-refractivity contribution in [2.24, 2.45) is 0 Å². The zero-order valence-electron chi connectivity index (χ0n) is 17.0. The van der Waals surface area contributed by atoms with E-state index in [1.807, 2.05) is 47.4 Å². The van der Waals surface area contributed by atoms with Crippen LogP contribution in [0.25, 0.3) is 0 Å². The van der Waals surface area contributed by atoms with Gasteiger partial charge >= 0.3 is 0 Å². The number of nitrogens with zero attached hydrogens (tertiary/aromatic N) is 1. The lowest BCUT2D eigenvalue weighted by Gasteiger charge is -2.39. The fraction of sp³-hybridized carbons (Fsp3) is 0.458. The van der Waals surface area contributed by atoms with Crippen molar-refractivity contribution in [1.82, 2.24) is 10.2 Å². The molecule has 1 saturated carbocycles. The molecule has 1 heterocycles. The first-order valence-electron chi connectivity index (χ1n) is 10.7. The van der Waals surface area contributed by atoms with Gasteiger partial charge in [0, 0.05) is 23.1 Å². The van der Waals surface area contributed by atoms with E-state index in [2.05, 4.69) is 5.32 Å². The van der Waals surface area contributed by atoms with Gasteiger partial charge in [0.2, 0.25) is 5.91 Å². The predicted molar refractivity (Wildman–Crippen MR) is 121 cm³/mol. The highest BCUT2D eigenvalue weighted by molar-refractivity contribution is 6.31. The first-order chi connectivity index (χ1) is 14.5. The molecule has 0 radical (unpaired) electrons. The molecule has 1 aliphatic carbocycles. The van der Waals surface area contributed by atoms with E-state index in [9.17, 15) is 9.90 Å². The van der Waals surface area contributed by atoms with Crippen LogP contribution >= 0.6 is 23.2 Å². The van der Waals surface area contributed by atoms with Gasteiger partial charge in [0.1, 0.15) is 0 Å². The Bertz CT molecular complexity index is 912. The SMILES string of the molecule is O=C(CNCC1(O)CCCCC1)N1CCc2ccc(Cl)cc2C1c1ccccc1Cl. The maximum Gasteiger partial charge on any atom is 0.237 e. The van der Waals surface area contributed by atoms with Gasteiger partial charge in [-0.25, -0.2) is 0 Å². The van der Waals surface area contributed by atoms with Crippen molar-refractivity contribution < 1.29 is 9.90 Å². The van der Waals surface area contributed by atoms with Crippen molar-refractivity contribution in [3.63, 3.8) is 0 Å². The number of carbonyl (C=O) groups excluding carboxylic acids is 1. The summed E-state index contributed by atoms with van der Waals surface area (Å²) in [5, 5.41) is 15.2. The number of nitrogens with one attached hydrogen (secondary N) is 1. The number of hydrogen-bond acceptors (Lipinski definition) is 3. The first kappa shape index (κ1) is 21.6. The van der Waals surface area contributed by atoms with E-state index >= 15 is 0 Å². The quantitative estimate of drug-likeness (QED) is 0.696. The highest BCUT2D eigenvalue weighted by Gasteiger charge is 2.34. The third kappa shape index (κ3) is 4.67. The van der Waals surface area contributed by atoms with Gasteiger partial charge in [-0.3, -0.25) is 4.79 Å². The van der Waals surface area contributed by atoms with Gasteiger partial charge in [0.05, 0.1) is 18.2 Å². The third-order valence-corrected chi connectivity index (χ3v) is 6.95. The number of halogens is 2. The monoisotopic (exact) mass is 446 g/mol. The fourth-order valence-electron chi connectivity index (χ4n) is 4.78. The summed E-state index contributed by atoms with van der Waals surface area (Å²) in [5.74, 6) is 0.00459. The zero-order valence-corrected chi connectivity index (χ0v) is 18.6. The minimum absolute atomic E-state index is 0.00459. The minimum Gasteiger partial charge on any atom is -0.389 e. The maximum atomic E-state index is 13.2. The number of hydrogen-bond donors (Lipinski definition) is 2. The van der Waals surface area contributed by atoms with Crippen LogP contribution in [0.3, 0.4) is 0 Å². The Morgan fingerprint density at radius 3 is 2.63 bits per heavy atom. The molecule has 1 atom stereocenters. The minimum atomic E-state index is -0.692. The van der Waals surface area contributed by atoms with Crippen LogP contribution in [0, 0.1) is 0 Å². The summed E-state index contributed by atoms with van der Waals surface area (Å²) in [6.07, 6.45) is 5.65. The summed E-state index contributed by atoms with van der Waals surface area (Å²) in [5.41, 5.74) is 2.43. The number of benzene rings is 2. The molecule has 4 nitrogen and oxygen atoms in total. The molecule has 2 aromatic carbocycles. The molecule has 4 rings (SSSR count). The number of rotatable bonds is 5. The normalized spacial score (nSPS) is 20.6. The Kier molecular flexibility index (Phi) is 6.69. The van der Waals surface area contributed by atoms with Crippen molar-refractivity contribution in [2.45, 2.75) is 50.2 Å². The molecule has 1 fully saturated rings. The molecule has 1 unspecified atom stereocenters. The second-order valence-corrected chi connectivity index (χ2v) is 9.34. The van der Waals surface area contributed by atoms with E-state index in [4.69, 9.17) is 23.2 Å². The predicted octanol–water partition coefficient (Wildman–Crippen LogP) is 4.75. The van der Waals surface area contributed by atoms with Gasteiger partial charge in [0.15, 0.2) is 0 Å². The van der Waals surface area contributed by atoms with E-state index in [0.717, 1.165) is 43.2 Å². The lowest BCUT2D eigenvalue weighted by Crippen LogP contribution is -2.48. The number of fused-ring (bicyclic) bond motifs is 1. The van der Waals surface area contributed by atoms with Crippen LogP contribution in [0.4, 0.5) is 0 Å². The molecule has 1 aliphatic heterocycles. The van der Waals surface area contributed by atoms with Crippen LogP contribution < -0.4 is 5.32 Å². The Hall–Kier alpha value is -1.59. The summed E-state index contributed by atoms with van der Waals surface area (Å²) in [6.45, 7) is 1.26. The van der Waals surface area contributed by atoms with Crippen molar-refractivity contribution in [3.05, 3.63) is 69.2 Å². The molecule has 1 amide bonds. The average Bonchev–Trinajstić information content (AvgIpc) is 2.74. The topological polar surface area (TPSA) is 52.6 Å². The van der Waals surface area contributed by atoms with Gasteiger partial charge in [-0.1, -0.05) is 66.7 Å². The van der Waals surface area contributed by atoms with E-state index in [1.165, 1.54) is 12.0 Å². The van der Waals surface area contributed by atoms with Gasteiger partial charge in [-0.15, -0.1) is 0 Å². The molecule has 30 heavy (non-hydrogen) atoms. The maximum absolute atomic E-state index is 13.2. The summed E-state index contributed by atoms with van der Waals surface area (Å²) in [6, 6.07) is 13.3. The van der Waals surface area contributed by atoms with Crippen molar-refractivity contribution in [2.75, 3.05) is 19.6 Å². The Morgan fingerprint density at radius 2 is 1.87 bits per heavy atom. The molecule has 0 aromatic heterocycles. The molecule has 6 heteroatoms. The summed E-state index contributed by atoms with van der Waals surface area (Å²) < 4.78 is 0. The van der Waals surface area contributed by atoms with E-state index < -0.39 is 5.60 Å². The molecular weight excluding hydrogens is 419 g/mol. The highest BCUT2D eigenvalue weighted by atomic mass is 35.5. The Morgan fingerprint density at radius 1 is 1.10 bits per heavy atom. The van der Waals surface area contributed by atoms with Crippen molar-refractivity contribution in [3.8, 4) is 0 Å². The van der Waals surface area contributed by atoms with Gasteiger partial charge in [0.25, 0.3) is 0 Å². The summed E-state index contributed by atoms with van der Waals surface area (Å²) in [4.78, 5) is 15.1. The van der Waals surface area contributed by atoms with Crippen LogP contribution in [-0.4, -0.2) is 41.1 Å². The summed E-state index contributed by atoms with van der Waals surface area (Å²) >= 11 is 12.8.